The second kappa shape index (κ2) is 9.25. The average Bonchev–Trinajstić information content (AvgIpc) is 2.63. The van der Waals surface area contributed by atoms with Gasteiger partial charge in [-0.15, -0.1) is 0 Å². The minimum atomic E-state index is -0.132. The molecular formula is C20H23ClN2O3. The van der Waals surface area contributed by atoms with Crippen LogP contribution in [0.25, 0.3) is 0 Å². The van der Waals surface area contributed by atoms with E-state index in [4.69, 9.17) is 16.3 Å². The third-order valence-corrected chi connectivity index (χ3v) is 4.47. The van der Waals surface area contributed by atoms with Crippen molar-refractivity contribution in [3.05, 3.63) is 58.6 Å². The fourth-order valence-electron chi connectivity index (χ4n) is 2.46. The smallest absolute Gasteiger partial charge is 0.223 e. The molecule has 2 amide bonds. The molecule has 2 rings (SSSR count). The predicted octanol–water partition coefficient (Wildman–Crippen LogP) is 3.72. The molecule has 0 spiro atoms. The summed E-state index contributed by atoms with van der Waals surface area (Å²) >= 11 is 6.14. The molecule has 0 bridgehead atoms. The number of amides is 2. The number of rotatable bonds is 7. The molecule has 0 saturated heterocycles. The van der Waals surface area contributed by atoms with Crippen LogP contribution in [0.2, 0.25) is 5.02 Å². The Morgan fingerprint density at radius 1 is 1.15 bits per heavy atom. The third kappa shape index (κ3) is 5.49. The Kier molecular flexibility index (Phi) is 7.04. The van der Waals surface area contributed by atoms with E-state index in [1.807, 2.05) is 43.3 Å². The van der Waals surface area contributed by atoms with Gasteiger partial charge in [0, 0.05) is 37.1 Å². The average molecular weight is 375 g/mol. The van der Waals surface area contributed by atoms with E-state index in [9.17, 15) is 9.59 Å². The monoisotopic (exact) mass is 374 g/mol. The van der Waals surface area contributed by atoms with Crippen molar-refractivity contribution >= 4 is 29.1 Å². The fraction of sp³-hybridized carbons (Fsp3) is 0.300. The summed E-state index contributed by atoms with van der Waals surface area (Å²) in [6, 6.07) is 12.9. The number of hydrogen-bond donors (Lipinski definition) is 1. The number of hydrogen-bond acceptors (Lipinski definition) is 3. The van der Waals surface area contributed by atoms with Crippen molar-refractivity contribution in [2.75, 3.05) is 18.6 Å². The van der Waals surface area contributed by atoms with Gasteiger partial charge in [0.2, 0.25) is 11.8 Å². The van der Waals surface area contributed by atoms with Gasteiger partial charge in [-0.2, -0.15) is 0 Å². The summed E-state index contributed by atoms with van der Waals surface area (Å²) in [6.07, 6.45) is 0.210. The molecule has 0 aliphatic rings. The van der Waals surface area contributed by atoms with Crippen LogP contribution in [0, 0.1) is 6.92 Å². The number of benzene rings is 2. The summed E-state index contributed by atoms with van der Waals surface area (Å²) in [7, 11) is 1.61. The zero-order valence-electron chi connectivity index (χ0n) is 15.2. The first-order valence-corrected chi connectivity index (χ1v) is 8.72. The van der Waals surface area contributed by atoms with Crippen LogP contribution in [-0.4, -0.2) is 25.5 Å². The molecule has 0 aliphatic heterocycles. The summed E-state index contributed by atoms with van der Waals surface area (Å²) in [5, 5.41) is 3.45. The second-order valence-electron chi connectivity index (χ2n) is 5.98. The zero-order chi connectivity index (χ0) is 19.1. The maximum atomic E-state index is 12.1. The van der Waals surface area contributed by atoms with Gasteiger partial charge >= 0.3 is 0 Å². The number of ether oxygens (including phenoxy) is 1. The van der Waals surface area contributed by atoms with Gasteiger partial charge in [0.15, 0.2) is 0 Å². The van der Waals surface area contributed by atoms with E-state index in [-0.39, 0.29) is 18.2 Å². The molecule has 5 nitrogen and oxygen atoms in total. The molecule has 0 aromatic heterocycles. The minimum absolute atomic E-state index is 0.120. The van der Waals surface area contributed by atoms with E-state index < -0.39 is 0 Å². The number of carbonyl (C=O) groups excluding carboxylic acids is 2. The van der Waals surface area contributed by atoms with E-state index >= 15 is 0 Å². The molecule has 2 aromatic carbocycles. The van der Waals surface area contributed by atoms with Gasteiger partial charge in [0.05, 0.1) is 7.11 Å². The fourth-order valence-corrected chi connectivity index (χ4v) is 2.64. The number of halogens is 1. The van der Waals surface area contributed by atoms with Crippen molar-refractivity contribution in [1.82, 2.24) is 5.32 Å². The van der Waals surface area contributed by atoms with Crippen molar-refractivity contribution in [3.63, 3.8) is 0 Å². The van der Waals surface area contributed by atoms with Crippen LogP contribution in [0.4, 0.5) is 5.69 Å². The molecule has 0 heterocycles. The van der Waals surface area contributed by atoms with E-state index in [0.717, 1.165) is 16.9 Å². The van der Waals surface area contributed by atoms with Gasteiger partial charge < -0.3 is 15.0 Å². The topological polar surface area (TPSA) is 58.6 Å². The molecule has 0 aliphatic carbocycles. The molecular weight excluding hydrogens is 352 g/mol. The van der Waals surface area contributed by atoms with Crippen molar-refractivity contribution in [2.45, 2.75) is 26.8 Å². The lowest BCUT2D eigenvalue weighted by atomic mass is 10.2. The first-order chi connectivity index (χ1) is 12.4. The highest BCUT2D eigenvalue weighted by molar-refractivity contribution is 6.31. The van der Waals surface area contributed by atoms with E-state index in [1.165, 1.54) is 6.92 Å². The maximum absolute atomic E-state index is 12.1. The zero-order valence-corrected chi connectivity index (χ0v) is 16.0. The van der Waals surface area contributed by atoms with Crippen LogP contribution >= 0.6 is 11.6 Å². The van der Waals surface area contributed by atoms with Crippen LogP contribution in [0.5, 0.6) is 5.75 Å². The molecule has 2 aromatic rings. The highest BCUT2D eigenvalue weighted by atomic mass is 35.5. The summed E-state index contributed by atoms with van der Waals surface area (Å²) in [6.45, 7) is 4.10. The molecule has 26 heavy (non-hydrogen) atoms. The Labute approximate surface area is 158 Å². The lowest BCUT2D eigenvalue weighted by Gasteiger charge is -2.21. The highest BCUT2D eigenvalue weighted by Crippen LogP contribution is 2.23. The van der Waals surface area contributed by atoms with Gasteiger partial charge in [0.25, 0.3) is 0 Å². The van der Waals surface area contributed by atoms with Gasteiger partial charge in [0.1, 0.15) is 5.75 Å². The number of anilines is 1. The number of aryl methyl sites for hydroxylation is 1. The maximum Gasteiger partial charge on any atom is 0.223 e. The molecule has 0 atom stereocenters. The number of nitrogens with zero attached hydrogens (tertiary/aromatic N) is 1. The van der Waals surface area contributed by atoms with E-state index in [0.29, 0.717) is 23.8 Å². The molecule has 0 radical (unpaired) electrons. The molecule has 0 saturated carbocycles. The quantitative estimate of drug-likeness (QED) is 0.803. The molecule has 138 valence electrons. The largest absolute Gasteiger partial charge is 0.497 e. The summed E-state index contributed by atoms with van der Waals surface area (Å²) < 4.78 is 5.11. The van der Waals surface area contributed by atoms with E-state index in [2.05, 4.69) is 5.32 Å². The third-order valence-electron chi connectivity index (χ3n) is 4.06. The normalized spacial score (nSPS) is 10.3. The van der Waals surface area contributed by atoms with Gasteiger partial charge in [-0.05, 0) is 42.3 Å². The number of carbonyl (C=O) groups is 2. The second-order valence-corrected chi connectivity index (χ2v) is 6.39. The molecule has 0 fully saturated rings. The van der Waals surface area contributed by atoms with Crippen molar-refractivity contribution in [1.29, 1.82) is 0 Å². The first kappa shape index (κ1) is 19.8. The Morgan fingerprint density at radius 2 is 1.85 bits per heavy atom. The molecule has 0 unspecified atom stereocenters. The number of methoxy groups -OCH3 is 1. The lowest BCUT2D eigenvalue weighted by molar-refractivity contribution is -0.121. The molecule has 6 heteroatoms. The van der Waals surface area contributed by atoms with E-state index in [1.54, 1.807) is 18.1 Å². The summed E-state index contributed by atoms with van der Waals surface area (Å²) in [4.78, 5) is 25.6. The van der Waals surface area contributed by atoms with Crippen LogP contribution in [0.3, 0.4) is 0 Å². The summed E-state index contributed by atoms with van der Waals surface area (Å²) in [5.74, 6) is 0.520. The van der Waals surface area contributed by atoms with Crippen molar-refractivity contribution < 1.29 is 14.3 Å². The molecule has 1 N–H and O–H groups in total. The van der Waals surface area contributed by atoms with Crippen LogP contribution in [-0.2, 0) is 16.1 Å². The summed E-state index contributed by atoms with van der Waals surface area (Å²) in [5.41, 5.74) is 2.61. The Balaban J connectivity index is 1.90. The van der Waals surface area contributed by atoms with Crippen molar-refractivity contribution in [3.8, 4) is 5.75 Å². The Hall–Kier alpha value is -2.53. The predicted molar refractivity (Wildman–Crippen MR) is 104 cm³/mol. The van der Waals surface area contributed by atoms with Crippen LogP contribution < -0.4 is 15.0 Å². The van der Waals surface area contributed by atoms with Crippen molar-refractivity contribution in [2.24, 2.45) is 0 Å². The number of nitrogens with one attached hydrogen (secondary N) is 1. The lowest BCUT2D eigenvalue weighted by Crippen LogP contribution is -2.33. The highest BCUT2D eigenvalue weighted by Gasteiger charge is 2.14. The minimum Gasteiger partial charge on any atom is -0.497 e. The van der Waals surface area contributed by atoms with Gasteiger partial charge in [-0.25, -0.2) is 0 Å². The van der Waals surface area contributed by atoms with Gasteiger partial charge in [-0.3, -0.25) is 9.59 Å². The standard InChI is InChI=1S/C20H23ClN2O3/c1-14-4-7-17(12-19(14)21)23(15(2)24)11-10-20(25)22-13-16-5-8-18(26-3)9-6-16/h4-9,12H,10-11,13H2,1-3H3,(H,22,25). The Bertz CT molecular complexity index is 775. The SMILES string of the molecule is COc1ccc(CNC(=O)CCN(C(C)=O)c2ccc(C)c(Cl)c2)cc1. The Morgan fingerprint density at radius 3 is 2.42 bits per heavy atom. The van der Waals surface area contributed by atoms with Crippen LogP contribution in [0.1, 0.15) is 24.5 Å². The first-order valence-electron chi connectivity index (χ1n) is 8.34. The van der Waals surface area contributed by atoms with Gasteiger partial charge in [-0.1, -0.05) is 29.8 Å². The van der Waals surface area contributed by atoms with Crippen LogP contribution in [0.15, 0.2) is 42.5 Å².